The molecule has 22 N–H and O–H groups in total. The fourth-order valence-corrected chi connectivity index (χ4v) is 7.48. The Kier molecular flexibility index (Phi) is 29.2. The third kappa shape index (κ3) is 22.7. The van der Waals surface area contributed by atoms with Crippen molar-refractivity contribution >= 4 is 76.5 Å². The van der Waals surface area contributed by atoms with E-state index in [9.17, 15) is 53.4 Å². The van der Waals surface area contributed by atoms with Crippen LogP contribution in [0.4, 0.5) is 0 Å². The number of guanidine groups is 1. The molecule has 1 aromatic carbocycles. The van der Waals surface area contributed by atoms with E-state index < -0.39 is 114 Å². The van der Waals surface area contributed by atoms with Gasteiger partial charge in [-0.1, -0.05) is 36.2 Å². The molecule has 1 aromatic rings. The maximum Gasteiger partial charge on any atom is 0.352 e. The molecule has 1 aliphatic heterocycles. The third-order valence-electron chi connectivity index (χ3n) is 11.4. The monoisotopic (exact) mass is 1060 g/mol. The Morgan fingerprint density at radius 2 is 1.46 bits per heavy atom. The zero-order valence-electron chi connectivity index (χ0n) is 41.7. The van der Waals surface area contributed by atoms with Gasteiger partial charge in [0.2, 0.25) is 35.4 Å². The molecule has 0 bridgehead atoms. The number of aliphatic hydroxyl groups is 1. The highest BCUT2D eigenvalue weighted by atomic mass is 35.5. The van der Waals surface area contributed by atoms with Crippen LogP contribution < -0.4 is 72.0 Å². The highest BCUT2D eigenvalue weighted by Crippen LogP contribution is 2.20. The molecule has 27 nitrogen and oxygen atoms in total. The topological polar surface area (TPSA) is 476 Å². The number of aliphatic imine (C=N–C) groups is 2. The van der Waals surface area contributed by atoms with E-state index in [1.807, 2.05) is 0 Å². The number of aliphatic carboxylic acids is 1. The summed E-state index contributed by atoms with van der Waals surface area (Å²) < 4.78 is 0. The lowest BCUT2D eigenvalue weighted by Crippen LogP contribution is -2.60. The zero-order valence-corrected chi connectivity index (χ0v) is 42.4. The van der Waals surface area contributed by atoms with Gasteiger partial charge in [0, 0.05) is 31.1 Å². The Balaban J connectivity index is 2.30. The van der Waals surface area contributed by atoms with E-state index in [2.05, 4.69) is 41.9 Å². The van der Waals surface area contributed by atoms with Gasteiger partial charge < -0.3 is 87.1 Å². The number of carbonyl (C=O) groups excluding carboxylic acids is 8. The molecule has 28 heteroatoms. The molecule has 1 heterocycles. The second kappa shape index (κ2) is 34.0. The van der Waals surface area contributed by atoms with E-state index in [1.54, 1.807) is 24.3 Å². The van der Waals surface area contributed by atoms with Crippen molar-refractivity contribution in [2.24, 2.45) is 50.1 Å². The molecule has 0 unspecified atom stereocenters. The number of rotatable bonds is 33. The van der Waals surface area contributed by atoms with Gasteiger partial charge in [-0.05, 0) is 108 Å². The number of nitrogens with one attached hydrogen (secondary N) is 6. The molecule has 1 saturated heterocycles. The van der Waals surface area contributed by atoms with Crippen molar-refractivity contribution in [2.75, 3.05) is 45.8 Å². The first-order chi connectivity index (χ1) is 35.2. The van der Waals surface area contributed by atoms with Gasteiger partial charge in [0.05, 0.1) is 18.7 Å². The Morgan fingerprint density at radius 1 is 0.811 bits per heavy atom. The first-order valence-electron chi connectivity index (χ1n) is 24.4. The van der Waals surface area contributed by atoms with Gasteiger partial charge in [-0.15, -0.1) is 0 Å². The van der Waals surface area contributed by atoms with Gasteiger partial charge in [-0.2, -0.15) is 0 Å². The number of aliphatic hydroxyl groups excluding tert-OH is 1. The van der Waals surface area contributed by atoms with E-state index in [4.69, 9.17) is 51.7 Å². The normalized spacial score (nSPS) is 16.1. The van der Waals surface area contributed by atoms with Crippen molar-refractivity contribution in [2.45, 2.75) is 126 Å². The van der Waals surface area contributed by atoms with Crippen LogP contribution in [0.2, 0.25) is 5.02 Å². The molecule has 7 atom stereocenters. The number of carboxylic acids is 1. The Morgan fingerprint density at radius 3 is 2.07 bits per heavy atom. The first-order valence-corrected chi connectivity index (χ1v) is 24.7. The quantitative estimate of drug-likeness (QED) is 0.0136. The minimum atomic E-state index is -1.57. The number of unbranched alkanes of at least 4 members (excludes halogenated alkanes) is 2. The SMILES string of the molecule is C[C@H](NC(=O)[C@@H](NC(=O)[C@@H](N)CCCCN)[C@@H](O)CN)C(=O)NCC(=O)N=C(CCCN)C(=O)N1CCC[C@H]1C(=O)N[C@@H](Cc1ccc(Cl)cc1)C(=O)N[C@@H](CCCCN)C(=O)N/C(=C\CCN=C(N)N)C(=O)O. The molecule has 0 aliphatic carbocycles. The molecule has 1 fully saturated rings. The summed E-state index contributed by atoms with van der Waals surface area (Å²) >= 11 is 6.11. The van der Waals surface area contributed by atoms with Crippen LogP contribution in [0.1, 0.15) is 83.1 Å². The predicted molar refractivity (Wildman–Crippen MR) is 275 cm³/mol. The fourth-order valence-electron chi connectivity index (χ4n) is 7.36. The number of nitrogens with zero attached hydrogens (tertiary/aromatic N) is 3. The molecule has 0 radical (unpaired) electrons. The maximum atomic E-state index is 14.2. The summed E-state index contributed by atoms with van der Waals surface area (Å²) in [5.41, 5.74) is 38.9. The molecule has 8 amide bonds. The number of nitrogens with two attached hydrogens (primary N) is 7. The van der Waals surface area contributed by atoms with Crippen molar-refractivity contribution in [3.8, 4) is 0 Å². The molecule has 0 spiro atoms. The predicted octanol–water partition coefficient (Wildman–Crippen LogP) is -4.69. The van der Waals surface area contributed by atoms with Crippen LogP contribution in [0, 0.1) is 0 Å². The van der Waals surface area contributed by atoms with Gasteiger partial charge in [0.25, 0.3) is 11.8 Å². The molecular weight excluding hydrogens is 988 g/mol. The Bertz CT molecular complexity index is 2160. The lowest BCUT2D eigenvalue weighted by atomic mass is 10.0. The van der Waals surface area contributed by atoms with E-state index in [-0.39, 0.29) is 82.8 Å². The van der Waals surface area contributed by atoms with Crippen LogP contribution in [0.25, 0.3) is 0 Å². The van der Waals surface area contributed by atoms with E-state index in [1.165, 1.54) is 17.9 Å². The zero-order chi connectivity index (χ0) is 55.3. The summed E-state index contributed by atoms with van der Waals surface area (Å²) in [5, 5.41) is 35.3. The van der Waals surface area contributed by atoms with Gasteiger partial charge in [0.1, 0.15) is 41.6 Å². The average molecular weight is 1060 g/mol. The minimum absolute atomic E-state index is 0.0366. The number of carboxylic acid groups (broad SMARTS) is 1. The van der Waals surface area contributed by atoms with Gasteiger partial charge in [-0.25, -0.2) is 9.79 Å². The first kappa shape index (κ1) is 63.5. The van der Waals surface area contributed by atoms with Crippen LogP contribution in [0.3, 0.4) is 0 Å². The maximum absolute atomic E-state index is 14.2. The number of carbonyl (C=O) groups is 9. The molecule has 0 aromatic heterocycles. The van der Waals surface area contributed by atoms with Crippen molar-refractivity contribution in [3.05, 3.63) is 46.6 Å². The summed E-state index contributed by atoms with van der Waals surface area (Å²) in [6.07, 6.45) is 2.50. The minimum Gasteiger partial charge on any atom is -0.477 e. The van der Waals surface area contributed by atoms with Crippen molar-refractivity contribution < 1.29 is 53.4 Å². The van der Waals surface area contributed by atoms with Crippen LogP contribution in [-0.2, 0) is 49.6 Å². The molecule has 0 saturated carbocycles. The van der Waals surface area contributed by atoms with Gasteiger partial charge in [0.15, 0.2) is 5.96 Å². The van der Waals surface area contributed by atoms with Crippen molar-refractivity contribution in [1.82, 2.24) is 36.8 Å². The fraction of sp³-hybridized carbons (Fsp3) is 0.587. The number of likely N-dealkylation sites (tertiary alicyclic amines) is 1. The third-order valence-corrected chi connectivity index (χ3v) is 11.7. The van der Waals surface area contributed by atoms with Crippen molar-refractivity contribution in [1.29, 1.82) is 0 Å². The van der Waals surface area contributed by atoms with E-state index in [0.717, 1.165) is 0 Å². The van der Waals surface area contributed by atoms with Crippen LogP contribution in [-0.4, -0.2) is 168 Å². The largest absolute Gasteiger partial charge is 0.477 e. The van der Waals surface area contributed by atoms with E-state index in [0.29, 0.717) is 49.2 Å². The number of amides is 8. The number of hydrogen-bond donors (Lipinski definition) is 15. The molecule has 412 valence electrons. The summed E-state index contributed by atoms with van der Waals surface area (Å²) in [7, 11) is 0. The summed E-state index contributed by atoms with van der Waals surface area (Å²) in [4.78, 5) is 129. The lowest BCUT2D eigenvalue weighted by Gasteiger charge is -2.28. The molecule has 74 heavy (non-hydrogen) atoms. The van der Waals surface area contributed by atoms with E-state index >= 15 is 0 Å². The number of benzene rings is 1. The summed E-state index contributed by atoms with van der Waals surface area (Å²) in [5.74, 6) is -8.40. The highest BCUT2D eigenvalue weighted by Gasteiger charge is 2.38. The van der Waals surface area contributed by atoms with Crippen LogP contribution in [0.5, 0.6) is 0 Å². The van der Waals surface area contributed by atoms with Crippen LogP contribution >= 0.6 is 11.6 Å². The molecular formula is C46H75ClN16O11. The summed E-state index contributed by atoms with van der Waals surface area (Å²) in [6.45, 7) is 0.980. The van der Waals surface area contributed by atoms with Gasteiger partial charge >= 0.3 is 5.97 Å². The average Bonchev–Trinajstić information content (AvgIpc) is 3.87. The standard InChI is InChI=1S/C46H75ClN16O11/c1-26(57-43(71)37(35(64)24-51)62-39(67)29(52)9-2-4-18-48)38(66)56-25-36(65)58-31(11-6-20-50)44(72)63-22-8-13-34(63)42(70)61-33(23-27-14-16-28(47)17-15-27)41(69)59-30(10-3-5-19-49)40(68)60-32(45(73)74)12-7-21-55-46(53)54/h12,14-17,26,29-30,33-35,37,64H,2-11,13,18-25,48-52H2,1H3,(H,56,66)(H,57,71)(H,59,69)(H,60,68)(H,61,70)(H,62,67)(H,73,74)(H4,53,54,55)/b32-12-,58-31?/t26-,29-,30-,33-,34-,35-,37-/m0/s1. The second-order valence-corrected chi connectivity index (χ2v) is 17.8. The Hall–Kier alpha value is -6.62. The van der Waals surface area contributed by atoms with Gasteiger partial charge in [-0.3, -0.25) is 43.3 Å². The molecule has 1 aliphatic rings. The molecule has 2 rings (SSSR count). The number of halogens is 1. The Labute approximate surface area is 434 Å². The second-order valence-electron chi connectivity index (χ2n) is 17.4. The number of hydrogen-bond acceptors (Lipinski definition) is 16. The van der Waals surface area contributed by atoms with Crippen molar-refractivity contribution in [3.63, 3.8) is 0 Å². The summed E-state index contributed by atoms with van der Waals surface area (Å²) in [6, 6.07) is -1.29. The smallest absolute Gasteiger partial charge is 0.352 e. The van der Waals surface area contributed by atoms with Crippen LogP contribution in [0.15, 0.2) is 46.0 Å². The lowest BCUT2D eigenvalue weighted by molar-refractivity contribution is -0.137. The highest BCUT2D eigenvalue weighted by molar-refractivity contribution is 6.40.